The van der Waals surface area contributed by atoms with Gasteiger partial charge in [0.25, 0.3) is 0 Å². The Bertz CT molecular complexity index is 2530. The maximum absolute atomic E-state index is 15.4. The summed E-state index contributed by atoms with van der Waals surface area (Å²) >= 11 is 0. The molecule has 6 aliphatic heterocycles. The van der Waals surface area contributed by atoms with Gasteiger partial charge in [-0.05, 0) is 59.5 Å². The van der Waals surface area contributed by atoms with Crippen LogP contribution in [0.3, 0.4) is 0 Å². The highest BCUT2D eigenvalue weighted by Crippen LogP contribution is 2.43. The lowest BCUT2D eigenvalue weighted by molar-refractivity contribution is 0.0683. The number of anilines is 1. The van der Waals surface area contributed by atoms with E-state index in [-0.39, 0.29) is 52.9 Å². The van der Waals surface area contributed by atoms with Gasteiger partial charge in [0.15, 0.2) is 23.1 Å². The van der Waals surface area contributed by atoms with Crippen molar-refractivity contribution in [3.8, 4) is 11.5 Å². The quantitative estimate of drug-likeness (QED) is 0.268. The summed E-state index contributed by atoms with van der Waals surface area (Å²) < 4.78 is 56.9. The lowest BCUT2D eigenvalue weighted by atomic mass is 10.1. The fraction of sp³-hybridized carbons (Fsp3) is 0.545. The lowest BCUT2D eigenvalue weighted by Gasteiger charge is -2.36. The minimum Gasteiger partial charge on any atom is -0.487 e. The SMILES string of the molecule is CN1CCN(C2CCNC2)CC1.C[C@H]1COc2c(F)c(F)cc3c(=O)c(C(=O)O)cn1c23.C[C@H]1COc2c(N3CCC(N4CCN(C)CC4)C3)c(F)cc3c(=O)c(C(=O)O)cn1c23. The Hall–Kier alpha value is -5.21. The third-order valence-corrected chi connectivity index (χ3v) is 13.3. The van der Waals surface area contributed by atoms with E-state index < -0.39 is 45.8 Å². The van der Waals surface area contributed by atoms with Crippen molar-refractivity contribution >= 4 is 39.4 Å². The summed E-state index contributed by atoms with van der Waals surface area (Å²) in [4.78, 5) is 59.3. The molecular weight excluding hydrogens is 826 g/mol. The van der Waals surface area contributed by atoms with E-state index in [1.54, 1.807) is 11.5 Å². The van der Waals surface area contributed by atoms with Crippen LogP contribution in [0.15, 0.2) is 34.1 Å². The number of ether oxygens (including phenoxy) is 2. The van der Waals surface area contributed by atoms with Crippen LogP contribution in [0.25, 0.3) is 21.8 Å². The fourth-order valence-corrected chi connectivity index (χ4v) is 9.57. The summed E-state index contributed by atoms with van der Waals surface area (Å²) in [5.41, 5.74) is -1.43. The number of benzene rings is 2. The highest BCUT2D eigenvalue weighted by molar-refractivity contribution is 5.97. The van der Waals surface area contributed by atoms with E-state index in [0.717, 1.165) is 44.8 Å². The first-order valence-corrected chi connectivity index (χ1v) is 21.6. The Morgan fingerprint density at radius 3 is 1.68 bits per heavy atom. The first-order valence-electron chi connectivity index (χ1n) is 21.6. The molecule has 4 aromatic rings. The van der Waals surface area contributed by atoms with E-state index in [4.69, 9.17) is 14.6 Å². The second kappa shape index (κ2) is 18.1. The molecule has 3 N–H and O–H groups in total. The Morgan fingerprint density at radius 1 is 0.683 bits per heavy atom. The summed E-state index contributed by atoms with van der Waals surface area (Å²) in [7, 11) is 4.34. The predicted octanol–water partition coefficient (Wildman–Crippen LogP) is 3.15. The zero-order chi connectivity index (χ0) is 44.9. The number of nitrogens with one attached hydrogen (secondary N) is 1. The molecule has 16 nitrogen and oxygen atoms in total. The summed E-state index contributed by atoms with van der Waals surface area (Å²) in [5, 5.41) is 21.7. The smallest absolute Gasteiger partial charge is 0.341 e. The van der Waals surface area contributed by atoms with Gasteiger partial charge in [-0.1, -0.05) is 0 Å². The van der Waals surface area contributed by atoms with Crippen LogP contribution in [-0.2, 0) is 0 Å². The van der Waals surface area contributed by atoms with Crippen LogP contribution in [0, 0.1) is 17.5 Å². The lowest BCUT2D eigenvalue weighted by Crippen LogP contribution is -2.49. The molecule has 8 heterocycles. The summed E-state index contributed by atoms with van der Waals surface area (Å²) in [6.07, 6.45) is 4.80. The Labute approximate surface area is 361 Å². The van der Waals surface area contributed by atoms with Gasteiger partial charge in [0.05, 0.1) is 33.9 Å². The number of carbonyl (C=O) groups is 2. The van der Waals surface area contributed by atoms with Crippen LogP contribution in [0.2, 0.25) is 0 Å². The number of hydrogen-bond donors (Lipinski definition) is 3. The van der Waals surface area contributed by atoms with E-state index in [1.807, 2.05) is 11.8 Å². The zero-order valence-corrected chi connectivity index (χ0v) is 36.0. The number of carboxylic acids is 2. The predicted molar refractivity (Wildman–Crippen MR) is 231 cm³/mol. The van der Waals surface area contributed by atoms with Gasteiger partial charge in [-0.3, -0.25) is 19.4 Å². The Balaban J connectivity index is 0.000000145. The molecule has 63 heavy (non-hydrogen) atoms. The molecule has 10 rings (SSSR count). The molecule has 19 heteroatoms. The normalized spacial score (nSPS) is 24.0. The van der Waals surface area contributed by atoms with Crippen molar-refractivity contribution in [2.45, 2.75) is 50.9 Å². The van der Waals surface area contributed by atoms with Gasteiger partial charge in [0.2, 0.25) is 16.7 Å². The molecule has 340 valence electrons. The largest absolute Gasteiger partial charge is 0.487 e. The van der Waals surface area contributed by atoms with Gasteiger partial charge in [0.1, 0.15) is 30.0 Å². The number of aromatic nitrogens is 2. The highest BCUT2D eigenvalue weighted by Gasteiger charge is 2.36. The molecule has 4 atom stereocenters. The standard InChI is InChI=1S/C22H27FN4O4.C13H9F2NO4.C9H19N3/c1-13-12-31-21-18-15(20(28)16(22(29)30)11-27(13)18)9-17(23)19(21)26-4-3-14(10-26)25-7-5-24(2)6-8-25;1-5-4-20-12-9(15)8(14)2-6-10(12)16(5)3-7(11(6)17)13(18)19;1-11-4-6-12(7-5-11)9-2-3-10-8-9/h9,11,13-14H,3-8,10,12H2,1-2H3,(H,29,30);2-3,5H,4H2,1H3,(H,18,19);9-10H,2-8H2,1H3/t13-,14?;5-;/m00./s1. The van der Waals surface area contributed by atoms with E-state index in [0.29, 0.717) is 42.2 Å². The molecule has 4 saturated heterocycles. The maximum atomic E-state index is 15.4. The van der Waals surface area contributed by atoms with E-state index >= 15 is 4.39 Å². The van der Waals surface area contributed by atoms with Gasteiger partial charge in [-0.25, -0.2) is 18.4 Å². The van der Waals surface area contributed by atoms with E-state index in [2.05, 4.69) is 39.0 Å². The number of aromatic carboxylic acids is 2. The molecule has 4 fully saturated rings. The average Bonchev–Trinajstić information content (AvgIpc) is 3.98. The number of rotatable bonds is 5. The zero-order valence-electron chi connectivity index (χ0n) is 36.0. The summed E-state index contributed by atoms with van der Waals surface area (Å²) in [6, 6.07) is 2.62. The van der Waals surface area contributed by atoms with Crippen LogP contribution in [0.1, 0.15) is 59.5 Å². The third kappa shape index (κ3) is 8.60. The molecule has 0 amide bonds. The Morgan fingerprint density at radius 2 is 1.17 bits per heavy atom. The summed E-state index contributed by atoms with van der Waals surface area (Å²) in [6.45, 7) is 16.9. The monoisotopic (exact) mass is 880 g/mol. The molecule has 0 aliphatic carbocycles. The van der Waals surface area contributed by atoms with Crippen molar-refractivity contribution in [1.82, 2.24) is 34.1 Å². The topological polar surface area (TPSA) is 165 Å². The third-order valence-electron chi connectivity index (χ3n) is 13.3. The van der Waals surface area contributed by atoms with Crippen LogP contribution in [0.4, 0.5) is 18.9 Å². The van der Waals surface area contributed by atoms with Gasteiger partial charge >= 0.3 is 11.9 Å². The number of nitrogens with zero attached hydrogens (tertiary/aromatic N) is 7. The highest BCUT2D eigenvalue weighted by atomic mass is 19.2. The Kier molecular flexibility index (Phi) is 12.8. The number of likely N-dealkylation sites (N-methyl/N-ethyl adjacent to an activating group) is 2. The van der Waals surface area contributed by atoms with Gasteiger partial charge in [-0.15, -0.1) is 0 Å². The maximum Gasteiger partial charge on any atom is 0.341 e. The average molecular weight is 881 g/mol. The molecule has 2 aromatic carbocycles. The minimum atomic E-state index is -1.41. The van der Waals surface area contributed by atoms with Crippen molar-refractivity contribution in [1.29, 1.82) is 0 Å². The van der Waals surface area contributed by atoms with Gasteiger partial charge < -0.3 is 48.8 Å². The van der Waals surface area contributed by atoms with E-state index in [9.17, 15) is 33.1 Å². The molecule has 0 spiro atoms. The first kappa shape index (κ1) is 44.4. The molecule has 0 radical (unpaired) electrons. The van der Waals surface area contributed by atoms with Crippen LogP contribution >= 0.6 is 0 Å². The van der Waals surface area contributed by atoms with Crippen LogP contribution in [0.5, 0.6) is 11.5 Å². The molecular formula is C44H55F3N8O8. The second-order valence-electron chi connectivity index (χ2n) is 17.5. The molecule has 0 bridgehead atoms. The molecule has 2 aromatic heterocycles. The van der Waals surface area contributed by atoms with Gasteiger partial charge in [0, 0.05) is 96.5 Å². The number of piperazine rings is 2. The van der Waals surface area contributed by atoms with Crippen LogP contribution in [-0.4, -0.2) is 169 Å². The molecule has 6 aliphatic rings. The minimum absolute atomic E-state index is 0.0533. The number of carboxylic acid groups (broad SMARTS) is 2. The number of pyridine rings is 2. The van der Waals surface area contributed by atoms with Crippen LogP contribution < -0.4 is 30.5 Å². The van der Waals surface area contributed by atoms with Crippen molar-refractivity contribution in [3.63, 3.8) is 0 Å². The number of halogens is 3. The number of hydrogen-bond acceptors (Lipinski definition) is 12. The van der Waals surface area contributed by atoms with Crippen molar-refractivity contribution in [2.24, 2.45) is 0 Å². The molecule has 0 saturated carbocycles. The van der Waals surface area contributed by atoms with Crippen molar-refractivity contribution < 1.29 is 42.4 Å². The second-order valence-corrected chi connectivity index (χ2v) is 17.5. The van der Waals surface area contributed by atoms with Crippen molar-refractivity contribution in [2.75, 3.05) is 111 Å². The van der Waals surface area contributed by atoms with E-state index in [1.165, 1.54) is 62.5 Å². The summed E-state index contributed by atoms with van der Waals surface area (Å²) in [5.74, 6) is -5.69. The van der Waals surface area contributed by atoms with Gasteiger partial charge in [-0.2, -0.15) is 4.39 Å². The first-order chi connectivity index (χ1) is 30.1. The molecule has 2 unspecified atom stereocenters. The fourth-order valence-electron chi connectivity index (χ4n) is 9.57. The van der Waals surface area contributed by atoms with Crippen molar-refractivity contribution in [3.05, 3.63) is 73.6 Å².